The van der Waals surface area contributed by atoms with E-state index in [-0.39, 0.29) is 28.5 Å². The molecule has 2 fully saturated rings. The maximum Gasteiger partial charge on any atom is 0.266 e. The molecule has 2 heterocycles. The number of methoxy groups -OCH3 is 1. The van der Waals surface area contributed by atoms with E-state index in [0.717, 1.165) is 42.7 Å². The molecule has 0 amide bonds. The lowest BCUT2D eigenvalue weighted by molar-refractivity contribution is 0.201. The third-order valence-electron chi connectivity index (χ3n) is 7.15. The second-order valence-electron chi connectivity index (χ2n) is 9.24. The number of benzene rings is 2. The van der Waals surface area contributed by atoms with E-state index < -0.39 is 10.0 Å². The zero-order valence-corrected chi connectivity index (χ0v) is 19.1. The lowest BCUT2D eigenvalue weighted by atomic mass is 9.79. The Kier molecular flexibility index (Phi) is 4.50. The monoisotopic (exact) mass is 467 g/mol. The minimum atomic E-state index is -3.91. The molecule has 1 saturated heterocycles. The highest BCUT2D eigenvalue weighted by Crippen LogP contribution is 2.58. The number of nitrogens with one attached hydrogen (secondary N) is 1. The average molecular weight is 468 g/mol. The quantitative estimate of drug-likeness (QED) is 0.574. The van der Waals surface area contributed by atoms with E-state index in [2.05, 4.69) is 33.0 Å². The molecule has 0 radical (unpaired) electrons. The first-order chi connectivity index (χ1) is 15.9. The fourth-order valence-electron chi connectivity index (χ4n) is 5.09. The summed E-state index contributed by atoms with van der Waals surface area (Å²) in [5.41, 5.74) is 4.11. The topological polar surface area (TPSA) is 105 Å². The number of sulfonamides is 1. The van der Waals surface area contributed by atoms with E-state index in [1.807, 2.05) is 0 Å². The van der Waals surface area contributed by atoms with Crippen LogP contribution >= 0.6 is 0 Å². The lowest BCUT2D eigenvalue weighted by Crippen LogP contribution is -2.48. The predicted molar refractivity (Wildman–Crippen MR) is 123 cm³/mol. The van der Waals surface area contributed by atoms with Crippen LogP contribution in [0.5, 0.6) is 5.75 Å². The van der Waals surface area contributed by atoms with Crippen molar-refractivity contribution in [3.05, 3.63) is 53.6 Å². The molecule has 1 saturated carbocycles. The van der Waals surface area contributed by atoms with Crippen LogP contribution in [0.3, 0.4) is 0 Å². The Morgan fingerprint density at radius 3 is 2.76 bits per heavy atom. The summed E-state index contributed by atoms with van der Waals surface area (Å²) in [6, 6.07) is 12.9. The highest BCUT2D eigenvalue weighted by molar-refractivity contribution is 7.92. The molecule has 0 bridgehead atoms. The highest BCUT2D eigenvalue weighted by Gasteiger charge is 2.50. The fourth-order valence-corrected chi connectivity index (χ4v) is 6.29. The van der Waals surface area contributed by atoms with Crippen LogP contribution in [0, 0.1) is 5.92 Å². The predicted octanol–water partition coefficient (Wildman–Crippen LogP) is 3.17. The Hall–Kier alpha value is -3.04. The summed E-state index contributed by atoms with van der Waals surface area (Å²) >= 11 is 0. The van der Waals surface area contributed by atoms with Crippen molar-refractivity contribution in [1.29, 1.82) is 0 Å². The summed E-state index contributed by atoms with van der Waals surface area (Å²) in [5, 5.41) is 13.5. The molecule has 2 aliphatic carbocycles. The van der Waals surface area contributed by atoms with Gasteiger partial charge in [0.05, 0.1) is 7.11 Å². The van der Waals surface area contributed by atoms with Crippen molar-refractivity contribution in [1.82, 2.24) is 5.16 Å². The fraction of sp³-hybridized carbons (Fsp3) is 0.375. The van der Waals surface area contributed by atoms with E-state index >= 15 is 0 Å². The first kappa shape index (κ1) is 20.6. The van der Waals surface area contributed by atoms with Gasteiger partial charge in [-0.2, -0.15) is 0 Å². The summed E-state index contributed by atoms with van der Waals surface area (Å²) in [7, 11) is -2.47. The van der Waals surface area contributed by atoms with Gasteiger partial charge in [0, 0.05) is 47.8 Å². The maximum atomic E-state index is 13.1. The molecule has 0 unspecified atom stereocenters. The molecule has 33 heavy (non-hydrogen) atoms. The summed E-state index contributed by atoms with van der Waals surface area (Å²) in [6.07, 6.45) is 2.80. The van der Waals surface area contributed by atoms with Crippen LogP contribution in [0.1, 0.15) is 24.0 Å². The van der Waals surface area contributed by atoms with Gasteiger partial charge in [0.1, 0.15) is 10.6 Å². The number of hydrogen-bond acceptors (Lipinski definition) is 7. The first-order valence-corrected chi connectivity index (χ1v) is 12.6. The number of aliphatic hydroxyl groups is 1. The van der Waals surface area contributed by atoms with Gasteiger partial charge in [-0.05, 0) is 49.1 Å². The molecular weight excluding hydrogens is 442 g/mol. The van der Waals surface area contributed by atoms with Gasteiger partial charge in [0.25, 0.3) is 10.0 Å². The normalized spacial score (nSPS) is 18.4. The lowest BCUT2D eigenvalue weighted by Gasteiger charge is -2.40. The first-order valence-electron chi connectivity index (χ1n) is 11.1. The van der Waals surface area contributed by atoms with E-state index in [0.29, 0.717) is 18.1 Å². The van der Waals surface area contributed by atoms with Gasteiger partial charge >= 0.3 is 0 Å². The molecule has 1 spiro atoms. The zero-order chi connectivity index (χ0) is 22.8. The highest BCUT2D eigenvalue weighted by atomic mass is 32.2. The van der Waals surface area contributed by atoms with Crippen molar-refractivity contribution >= 4 is 21.5 Å². The zero-order valence-electron chi connectivity index (χ0n) is 18.2. The van der Waals surface area contributed by atoms with Crippen LogP contribution in [0.4, 0.5) is 11.5 Å². The molecule has 1 aromatic heterocycles. The van der Waals surface area contributed by atoms with E-state index in [1.165, 1.54) is 18.7 Å². The van der Waals surface area contributed by atoms with E-state index in [1.54, 1.807) is 18.2 Å². The van der Waals surface area contributed by atoms with Gasteiger partial charge in [-0.3, -0.25) is 4.72 Å². The van der Waals surface area contributed by atoms with Gasteiger partial charge in [-0.15, -0.1) is 0 Å². The minimum Gasteiger partial charge on any atom is -0.495 e. The Morgan fingerprint density at radius 1 is 1.24 bits per heavy atom. The summed E-state index contributed by atoms with van der Waals surface area (Å²) < 4.78 is 39.9. The Bertz CT molecular complexity index is 1340. The summed E-state index contributed by atoms with van der Waals surface area (Å²) in [6.45, 7) is 1.85. The van der Waals surface area contributed by atoms with Crippen LogP contribution in [-0.2, 0) is 21.9 Å². The molecule has 6 rings (SSSR count). The Balaban J connectivity index is 1.37. The van der Waals surface area contributed by atoms with Crippen LogP contribution in [0.25, 0.3) is 11.3 Å². The van der Waals surface area contributed by atoms with Crippen LogP contribution in [0.2, 0.25) is 0 Å². The van der Waals surface area contributed by atoms with Crippen LogP contribution in [-0.4, -0.2) is 45.5 Å². The number of ether oxygens (including phenoxy) is 1. The largest absolute Gasteiger partial charge is 0.495 e. The number of fused-ring (bicyclic) bond motifs is 4. The van der Waals surface area contributed by atoms with Gasteiger partial charge in [0.2, 0.25) is 0 Å². The van der Waals surface area contributed by atoms with Crippen molar-refractivity contribution in [2.45, 2.75) is 29.6 Å². The molecule has 8 nitrogen and oxygen atoms in total. The number of rotatable bonds is 6. The second-order valence-corrected chi connectivity index (χ2v) is 10.9. The molecule has 2 aromatic carbocycles. The van der Waals surface area contributed by atoms with Crippen molar-refractivity contribution in [3.8, 4) is 17.1 Å². The molecule has 1 aliphatic heterocycles. The van der Waals surface area contributed by atoms with Crippen molar-refractivity contribution in [3.63, 3.8) is 0 Å². The number of nitrogens with zero attached hydrogens (tertiary/aromatic N) is 2. The van der Waals surface area contributed by atoms with Crippen LogP contribution in [0.15, 0.2) is 51.9 Å². The Labute approximate surface area is 192 Å². The molecule has 3 aliphatic rings. The summed E-state index contributed by atoms with van der Waals surface area (Å²) in [4.78, 5) is 2.29. The van der Waals surface area contributed by atoms with Gasteiger partial charge in [-0.25, -0.2) is 8.42 Å². The number of aliphatic hydroxyl groups excluding tert-OH is 1. The number of hydrogen-bond donors (Lipinski definition) is 2. The van der Waals surface area contributed by atoms with Gasteiger partial charge < -0.3 is 19.3 Å². The molecule has 3 aromatic rings. The Morgan fingerprint density at radius 2 is 2.03 bits per heavy atom. The minimum absolute atomic E-state index is 0.0135. The third-order valence-corrected chi connectivity index (χ3v) is 8.52. The van der Waals surface area contributed by atoms with Crippen molar-refractivity contribution in [2.75, 3.05) is 36.4 Å². The standard InChI is InChI=1S/C24H25N3O5S/c1-31-20-4-2-3-5-21(20)33(29,30)26-23-18-11-24(8-9-24)19-7-6-16(27-12-15(13-27)14-28)10-17(19)22(18)32-25-23/h2-7,10,15,28H,8-9,11-14H2,1H3,(H,25,26). The second kappa shape index (κ2) is 7.23. The van der Waals surface area contributed by atoms with Crippen molar-refractivity contribution < 1.29 is 22.8 Å². The third kappa shape index (κ3) is 3.21. The molecular formula is C24H25N3O5S. The summed E-state index contributed by atoms with van der Waals surface area (Å²) in [5.74, 6) is 1.45. The van der Waals surface area contributed by atoms with Crippen molar-refractivity contribution in [2.24, 2.45) is 5.92 Å². The number of aromatic nitrogens is 1. The van der Waals surface area contributed by atoms with Crippen LogP contribution < -0.4 is 14.4 Å². The molecule has 2 N–H and O–H groups in total. The van der Waals surface area contributed by atoms with Gasteiger partial charge in [-0.1, -0.05) is 23.4 Å². The SMILES string of the molecule is COc1ccccc1S(=O)(=O)Nc1noc2c1CC1(CC1)c1ccc(N3CC(CO)C3)cc1-2. The van der Waals surface area contributed by atoms with E-state index in [9.17, 15) is 13.5 Å². The average Bonchev–Trinajstić information content (AvgIpc) is 3.46. The molecule has 0 atom stereocenters. The van der Waals surface area contributed by atoms with E-state index in [4.69, 9.17) is 9.26 Å². The number of anilines is 2. The molecule has 172 valence electrons. The molecule has 9 heteroatoms. The van der Waals surface area contributed by atoms with Gasteiger partial charge in [0.15, 0.2) is 11.6 Å². The number of para-hydroxylation sites is 1. The smallest absolute Gasteiger partial charge is 0.266 e. The maximum absolute atomic E-state index is 13.1.